The molecule has 1 aromatic carbocycles. The van der Waals surface area contributed by atoms with Crippen molar-refractivity contribution in [2.45, 2.75) is 31.4 Å². The van der Waals surface area contributed by atoms with Gasteiger partial charge in [0.05, 0.1) is 0 Å². The molecular formula is C21H26N2O3S. The van der Waals surface area contributed by atoms with Crippen molar-refractivity contribution in [2.75, 3.05) is 32.8 Å². The number of fused-ring (bicyclic) bond motifs is 1. The van der Waals surface area contributed by atoms with Crippen molar-refractivity contribution in [2.24, 2.45) is 0 Å². The molecule has 6 heteroatoms. The van der Waals surface area contributed by atoms with Gasteiger partial charge in [0, 0.05) is 43.5 Å². The van der Waals surface area contributed by atoms with Gasteiger partial charge < -0.3 is 14.7 Å². The van der Waals surface area contributed by atoms with Gasteiger partial charge in [-0.1, -0.05) is 30.3 Å². The van der Waals surface area contributed by atoms with E-state index >= 15 is 0 Å². The van der Waals surface area contributed by atoms with Crippen molar-refractivity contribution in [3.63, 3.8) is 0 Å². The molecule has 0 aliphatic carbocycles. The SMILES string of the molecule is O=C(OCC(O)CN1CCc2sccc2C1)N1CCC(c2ccccc2)C1. The summed E-state index contributed by atoms with van der Waals surface area (Å²) in [5.41, 5.74) is 2.63. The summed E-state index contributed by atoms with van der Waals surface area (Å²) in [6.07, 6.45) is 1.03. The Bertz CT molecular complexity index is 764. The summed E-state index contributed by atoms with van der Waals surface area (Å²) in [4.78, 5) is 17.8. The Morgan fingerprint density at radius 1 is 1.26 bits per heavy atom. The third-order valence-corrected chi connectivity index (χ3v) is 6.50. The largest absolute Gasteiger partial charge is 0.447 e. The monoisotopic (exact) mass is 386 g/mol. The smallest absolute Gasteiger partial charge is 0.409 e. The summed E-state index contributed by atoms with van der Waals surface area (Å²) in [5.74, 6) is 0.372. The topological polar surface area (TPSA) is 53.0 Å². The van der Waals surface area contributed by atoms with Crippen LogP contribution in [-0.4, -0.2) is 59.9 Å². The van der Waals surface area contributed by atoms with Gasteiger partial charge in [-0.05, 0) is 35.4 Å². The molecule has 27 heavy (non-hydrogen) atoms. The van der Waals surface area contributed by atoms with Crippen LogP contribution in [0.5, 0.6) is 0 Å². The Hall–Kier alpha value is -1.89. The van der Waals surface area contributed by atoms with Crippen LogP contribution in [0.15, 0.2) is 41.8 Å². The van der Waals surface area contributed by atoms with Gasteiger partial charge in [0.1, 0.15) is 12.7 Å². The van der Waals surface area contributed by atoms with Crippen molar-refractivity contribution in [1.29, 1.82) is 0 Å². The van der Waals surface area contributed by atoms with Crippen molar-refractivity contribution < 1.29 is 14.6 Å². The van der Waals surface area contributed by atoms with Gasteiger partial charge in [-0.15, -0.1) is 11.3 Å². The van der Waals surface area contributed by atoms with E-state index in [1.807, 2.05) is 29.5 Å². The normalized spacial score (nSPS) is 21.1. The number of ether oxygens (including phenoxy) is 1. The van der Waals surface area contributed by atoms with Gasteiger partial charge in [0.15, 0.2) is 0 Å². The number of carbonyl (C=O) groups excluding carboxylic acids is 1. The van der Waals surface area contributed by atoms with Crippen molar-refractivity contribution in [3.8, 4) is 0 Å². The minimum atomic E-state index is -0.651. The minimum Gasteiger partial charge on any atom is -0.447 e. The lowest BCUT2D eigenvalue weighted by atomic mass is 9.99. The number of β-amino-alcohol motifs (C(OH)–C–C–N with tert-alkyl or cyclic N) is 1. The second-order valence-corrected chi connectivity index (χ2v) is 8.43. The second-order valence-electron chi connectivity index (χ2n) is 7.43. The number of rotatable bonds is 5. The predicted molar refractivity (Wildman–Crippen MR) is 106 cm³/mol. The first-order valence-electron chi connectivity index (χ1n) is 9.61. The average Bonchev–Trinajstić information content (AvgIpc) is 3.36. The molecular weight excluding hydrogens is 360 g/mol. The maximum absolute atomic E-state index is 12.3. The fourth-order valence-electron chi connectivity index (χ4n) is 4.00. The molecule has 1 saturated heterocycles. The Morgan fingerprint density at radius 2 is 2.11 bits per heavy atom. The number of thiophene rings is 1. The van der Waals surface area contributed by atoms with E-state index < -0.39 is 6.10 Å². The molecule has 0 bridgehead atoms. The molecule has 2 aliphatic heterocycles. The summed E-state index contributed by atoms with van der Waals surface area (Å²) >= 11 is 1.81. The summed E-state index contributed by atoms with van der Waals surface area (Å²) in [7, 11) is 0. The molecule has 144 valence electrons. The van der Waals surface area contributed by atoms with Crippen LogP contribution >= 0.6 is 11.3 Å². The summed E-state index contributed by atoms with van der Waals surface area (Å²) in [6.45, 7) is 3.80. The zero-order valence-electron chi connectivity index (χ0n) is 15.4. The van der Waals surface area contributed by atoms with Gasteiger partial charge in [0.25, 0.3) is 0 Å². The van der Waals surface area contributed by atoms with Gasteiger partial charge in [-0.3, -0.25) is 4.90 Å². The molecule has 1 aromatic heterocycles. The number of aliphatic hydroxyl groups is 1. The number of hydrogen-bond acceptors (Lipinski definition) is 5. The Balaban J connectivity index is 1.20. The fraction of sp³-hybridized carbons (Fsp3) is 0.476. The van der Waals surface area contributed by atoms with E-state index in [1.165, 1.54) is 16.0 Å². The van der Waals surface area contributed by atoms with Crippen LogP contribution in [0.2, 0.25) is 0 Å². The molecule has 0 saturated carbocycles. The first-order valence-corrected chi connectivity index (χ1v) is 10.5. The van der Waals surface area contributed by atoms with Crippen LogP contribution in [0.25, 0.3) is 0 Å². The van der Waals surface area contributed by atoms with Crippen molar-refractivity contribution >= 4 is 17.4 Å². The molecule has 2 unspecified atom stereocenters. The zero-order valence-corrected chi connectivity index (χ0v) is 16.2. The minimum absolute atomic E-state index is 0.0539. The number of amides is 1. The molecule has 2 aromatic rings. The maximum Gasteiger partial charge on any atom is 0.409 e. The molecule has 2 atom stereocenters. The van der Waals surface area contributed by atoms with Gasteiger partial charge in [0.2, 0.25) is 0 Å². The number of hydrogen-bond donors (Lipinski definition) is 1. The molecule has 1 N–H and O–H groups in total. The van der Waals surface area contributed by atoms with Crippen LogP contribution in [-0.2, 0) is 17.7 Å². The number of benzene rings is 1. The molecule has 3 heterocycles. The lowest BCUT2D eigenvalue weighted by Crippen LogP contribution is -2.39. The van der Waals surface area contributed by atoms with E-state index in [4.69, 9.17) is 4.74 Å². The zero-order chi connectivity index (χ0) is 18.6. The van der Waals surface area contributed by atoms with E-state index in [2.05, 4.69) is 28.5 Å². The highest BCUT2D eigenvalue weighted by atomic mass is 32.1. The van der Waals surface area contributed by atoms with Crippen molar-refractivity contribution in [1.82, 2.24) is 9.80 Å². The van der Waals surface area contributed by atoms with Crippen LogP contribution < -0.4 is 0 Å². The highest BCUT2D eigenvalue weighted by molar-refractivity contribution is 7.10. The number of nitrogens with zero attached hydrogens (tertiary/aromatic N) is 2. The number of likely N-dealkylation sites (tertiary alicyclic amines) is 1. The van der Waals surface area contributed by atoms with Crippen LogP contribution in [0.4, 0.5) is 4.79 Å². The van der Waals surface area contributed by atoms with Crippen LogP contribution in [0, 0.1) is 0 Å². The van der Waals surface area contributed by atoms with Crippen molar-refractivity contribution in [3.05, 3.63) is 57.8 Å². The Morgan fingerprint density at radius 3 is 2.96 bits per heavy atom. The molecule has 4 rings (SSSR count). The molecule has 0 radical (unpaired) electrons. The van der Waals surface area contributed by atoms with Crippen LogP contribution in [0.1, 0.15) is 28.3 Å². The maximum atomic E-state index is 12.3. The van der Waals surface area contributed by atoms with E-state index in [0.29, 0.717) is 25.6 Å². The first kappa shape index (κ1) is 18.5. The quantitative estimate of drug-likeness (QED) is 0.858. The predicted octanol–water partition coefficient (Wildman–Crippen LogP) is 3.09. The first-order chi connectivity index (χ1) is 13.2. The Labute approximate surface area is 164 Å². The number of aliphatic hydroxyl groups excluding tert-OH is 1. The van der Waals surface area contributed by atoms with Crippen LogP contribution in [0.3, 0.4) is 0 Å². The standard InChI is InChI=1S/C21H26N2O3S/c24-19(14-22-9-7-20-18(12-22)8-11-27-20)15-26-21(25)23-10-6-17(13-23)16-4-2-1-3-5-16/h1-5,8,11,17,19,24H,6-7,9-10,12-15H2. The third-order valence-electron chi connectivity index (χ3n) is 5.47. The molecule has 1 amide bonds. The second kappa shape index (κ2) is 8.42. The average molecular weight is 387 g/mol. The molecule has 5 nitrogen and oxygen atoms in total. The van der Waals surface area contributed by atoms with Gasteiger partial charge in [-0.25, -0.2) is 4.79 Å². The molecule has 0 spiro atoms. The van der Waals surface area contributed by atoms with Gasteiger partial charge in [-0.2, -0.15) is 0 Å². The summed E-state index contributed by atoms with van der Waals surface area (Å²) < 4.78 is 5.38. The molecule has 1 fully saturated rings. The number of carbonyl (C=O) groups is 1. The highest BCUT2D eigenvalue weighted by Gasteiger charge is 2.28. The molecule has 2 aliphatic rings. The lowest BCUT2D eigenvalue weighted by Gasteiger charge is -2.28. The van der Waals surface area contributed by atoms with Gasteiger partial charge >= 0.3 is 6.09 Å². The van der Waals surface area contributed by atoms with E-state index in [1.54, 1.807) is 4.90 Å². The lowest BCUT2D eigenvalue weighted by molar-refractivity contribution is 0.0296. The van der Waals surface area contributed by atoms with E-state index in [-0.39, 0.29) is 12.7 Å². The highest BCUT2D eigenvalue weighted by Crippen LogP contribution is 2.27. The third kappa shape index (κ3) is 4.51. The Kier molecular flexibility index (Phi) is 5.76. The summed E-state index contributed by atoms with van der Waals surface area (Å²) in [5, 5.41) is 12.4. The van der Waals surface area contributed by atoms with E-state index in [0.717, 1.165) is 25.9 Å². The summed E-state index contributed by atoms with van der Waals surface area (Å²) in [6, 6.07) is 12.5. The fourth-order valence-corrected chi connectivity index (χ4v) is 4.89. The van der Waals surface area contributed by atoms with E-state index in [9.17, 15) is 9.90 Å².